The fourth-order valence-electron chi connectivity index (χ4n) is 4.92. The summed E-state index contributed by atoms with van der Waals surface area (Å²) in [5, 5.41) is 17.9. The molecule has 0 unspecified atom stereocenters. The Balaban J connectivity index is 1.25. The van der Waals surface area contributed by atoms with Crippen LogP contribution in [-0.4, -0.2) is 60.7 Å². The maximum absolute atomic E-state index is 15.1. The molecule has 0 bridgehead atoms. The van der Waals surface area contributed by atoms with Gasteiger partial charge in [-0.15, -0.1) is 0 Å². The van der Waals surface area contributed by atoms with E-state index in [1.807, 2.05) is 0 Å². The molecule has 3 aromatic heterocycles. The van der Waals surface area contributed by atoms with Crippen molar-refractivity contribution in [2.75, 3.05) is 23.3 Å². The lowest BCUT2D eigenvalue weighted by Gasteiger charge is -2.47. The zero-order chi connectivity index (χ0) is 32.0. The van der Waals surface area contributed by atoms with Crippen LogP contribution in [0.1, 0.15) is 25.3 Å². The van der Waals surface area contributed by atoms with Gasteiger partial charge >= 0.3 is 12.4 Å². The summed E-state index contributed by atoms with van der Waals surface area (Å²) >= 11 is 0. The summed E-state index contributed by atoms with van der Waals surface area (Å²) in [5.41, 5.74) is -6.36. The highest BCUT2D eigenvalue weighted by Gasteiger charge is 2.61. The molecule has 5 rings (SSSR count). The van der Waals surface area contributed by atoms with Crippen LogP contribution in [-0.2, 0) is 12.7 Å². The minimum absolute atomic E-state index is 0.0380. The van der Waals surface area contributed by atoms with Crippen LogP contribution in [0.4, 0.5) is 42.1 Å². The predicted molar refractivity (Wildman–Crippen MR) is 145 cm³/mol. The summed E-state index contributed by atoms with van der Waals surface area (Å²) in [6.07, 6.45) is -4.19. The van der Waals surface area contributed by atoms with Crippen LogP contribution < -0.4 is 21.3 Å². The van der Waals surface area contributed by atoms with Gasteiger partial charge < -0.3 is 19.9 Å². The molecular weight excluding hydrogens is 603 g/mol. The number of nitrogens with one attached hydrogen (secondary N) is 2. The molecule has 1 aliphatic rings. The third-order valence-corrected chi connectivity index (χ3v) is 7.32. The van der Waals surface area contributed by atoms with E-state index in [0.29, 0.717) is 18.2 Å². The van der Waals surface area contributed by atoms with E-state index in [2.05, 4.69) is 20.4 Å². The minimum Gasteiger partial charge on any atom is -0.381 e. The number of nitrogens with zero attached hydrogens (tertiary/aromatic N) is 5. The molecule has 1 aliphatic heterocycles. The molecule has 0 saturated carbocycles. The standard InChI is InChI=1S/C27H24F7N7O3/c1-14(38-20-11-37-39-23(42)21(20)26(29,30)31)3-2-5-40-6-4-15-7-18(19(28)8-17(15)24(40)43)22-35-9-16(10-36-22)41-12-25(44,13-41)27(32,33)34/h4,6-11,14,44H,2-3,5,12-13H2,1H3,(H2,38,39,42)/t14-/m0/s1. The number of alkyl halides is 6. The molecule has 4 aromatic rings. The fraction of sp³-hybridized carbons (Fsp3) is 0.370. The van der Waals surface area contributed by atoms with Crippen LogP contribution in [0.25, 0.3) is 22.2 Å². The van der Waals surface area contributed by atoms with Crippen molar-refractivity contribution < 1.29 is 35.8 Å². The Morgan fingerprint density at radius 1 is 1.09 bits per heavy atom. The largest absolute Gasteiger partial charge is 0.423 e. The second-order valence-corrected chi connectivity index (χ2v) is 10.6. The van der Waals surface area contributed by atoms with Crippen LogP contribution in [0, 0.1) is 5.82 Å². The quantitative estimate of drug-likeness (QED) is 0.249. The Morgan fingerprint density at radius 3 is 2.41 bits per heavy atom. The number of aryl methyl sites for hydroxylation is 1. The number of aromatic amines is 1. The number of anilines is 2. The molecule has 10 nitrogen and oxygen atoms in total. The van der Waals surface area contributed by atoms with E-state index in [-0.39, 0.29) is 29.0 Å². The third kappa shape index (κ3) is 5.95. The molecule has 0 aliphatic carbocycles. The average Bonchev–Trinajstić information content (AvgIpc) is 2.91. The average molecular weight is 628 g/mol. The number of H-pyrrole nitrogens is 1. The second-order valence-electron chi connectivity index (χ2n) is 10.6. The summed E-state index contributed by atoms with van der Waals surface area (Å²) in [6, 6.07) is 3.46. The van der Waals surface area contributed by atoms with E-state index in [1.54, 1.807) is 18.1 Å². The van der Waals surface area contributed by atoms with Gasteiger partial charge in [-0.2, -0.15) is 31.4 Å². The van der Waals surface area contributed by atoms with E-state index in [9.17, 15) is 41.0 Å². The van der Waals surface area contributed by atoms with Gasteiger partial charge in [-0.25, -0.2) is 19.5 Å². The fourth-order valence-corrected chi connectivity index (χ4v) is 4.92. The van der Waals surface area contributed by atoms with Crippen LogP contribution >= 0.6 is 0 Å². The molecule has 4 heterocycles. The van der Waals surface area contributed by atoms with Crippen molar-refractivity contribution in [2.24, 2.45) is 0 Å². The number of aromatic nitrogens is 5. The number of halogens is 7. The number of β-amino-alcohol motifs (C(OH)–C–C–N with tert-alkyl or cyclic N) is 1. The van der Waals surface area contributed by atoms with Gasteiger partial charge in [0.25, 0.3) is 11.1 Å². The first-order valence-electron chi connectivity index (χ1n) is 13.2. The molecule has 1 aromatic carbocycles. The third-order valence-electron chi connectivity index (χ3n) is 7.32. The molecule has 3 N–H and O–H groups in total. The lowest BCUT2D eigenvalue weighted by Crippen LogP contribution is -2.69. The number of fused-ring (bicyclic) bond motifs is 1. The van der Waals surface area contributed by atoms with Crippen molar-refractivity contribution in [2.45, 2.75) is 50.3 Å². The van der Waals surface area contributed by atoms with Crippen LogP contribution in [0.3, 0.4) is 0 Å². The monoisotopic (exact) mass is 627 g/mol. The molecule has 1 atom stereocenters. The Labute approximate surface area is 243 Å². The number of pyridine rings is 1. The lowest BCUT2D eigenvalue weighted by molar-refractivity contribution is -0.267. The molecule has 0 spiro atoms. The number of aliphatic hydroxyl groups is 1. The van der Waals surface area contributed by atoms with E-state index in [4.69, 9.17) is 0 Å². The molecule has 0 radical (unpaired) electrons. The van der Waals surface area contributed by atoms with Gasteiger partial charge in [0.05, 0.1) is 54.0 Å². The van der Waals surface area contributed by atoms with Gasteiger partial charge in [0.15, 0.2) is 11.4 Å². The summed E-state index contributed by atoms with van der Waals surface area (Å²) in [7, 11) is 0. The molecular formula is C27H24F7N7O3. The highest BCUT2D eigenvalue weighted by Crippen LogP contribution is 2.39. The molecule has 1 saturated heterocycles. The van der Waals surface area contributed by atoms with E-state index in [0.717, 1.165) is 12.3 Å². The summed E-state index contributed by atoms with van der Waals surface area (Å²) in [5.74, 6) is -0.866. The van der Waals surface area contributed by atoms with Crippen molar-refractivity contribution in [3.63, 3.8) is 0 Å². The number of hydrogen-bond acceptors (Lipinski definition) is 8. The maximum Gasteiger partial charge on any atom is 0.423 e. The second kappa shape index (κ2) is 11.2. The van der Waals surface area contributed by atoms with E-state index < -0.39 is 65.3 Å². The first-order valence-corrected chi connectivity index (χ1v) is 13.2. The van der Waals surface area contributed by atoms with Crippen molar-refractivity contribution in [1.82, 2.24) is 24.7 Å². The first-order chi connectivity index (χ1) is 20.6. The van der Waals surface area contributed by atoms with Gasteiger partial charge in [0.1, 0.15) is 11.4 Å². The molecule has 234 valence electrons. The van der Waals surface area contributed by atoms with Crippen molar-refractivity contribution in [1.29, 1.82) is 0 Å². The van der Waals surface area contributed by atoms with Crippen LogP contribution in [0.5, 0.6) is 0 Å². The summed E-state index contributed by atoms with van der Waals surface area (Å²) in [6.45, 7) is 0.419. The molecule has 0 amide bonds. The Bertz CT molecular complexity index is 1800. The topological polar surface area (TPSA) is 129 Å². The van der Waals surface area contributed by atoms with Crippen molar-refractivity contribution >= 4 is 22.1 Å². The zero-order valence-electron chi connectivity index (χ0n) is 22.8. The minimum atomic E-state index is -4.88. The van der Waals surface area contributed by atoms with Gasteiger partial charge in [0, 0.05) is 18.8 Å². The predicted octanol–water partition coefficient (Wildman–Crippen LogP) is 4.09. The Morgan fingerprint density at radius 2 is 1.77 bits per heavy atom. The number of rotatable bonds is 8. The van der Waals surface area contributed by atoms with Crippen molar-refractivity contribution in [3.8, 4) is 11.4 Å². The Kier molecular flexibility index (Phi) is 7.86. The first kappa shape index (κ1) is 30.9. The highest BCUT2D eigenvalue weighted by molar-refractivity contribution is 5.86. The van der Waals surface area contributed by atoms with Gasteiger partial charge in [-0.1, -0.05) is 0 Å². The number of hydrogen-bond donors (Lipinski definition) is 3. The molecule has 17 heteroatoms. The highest BCUT2D eigenvalue weighted by atomic mass is 19.4. The van der Waals surface area contributed by atoms with Crippen LogP contribution in [0.2, 0.25) is 0 Å². The number of benzene rings is 1. The maximum atomic E-state index is 15.1. The van der Waals surface area contributed by atoms with Gasteiger partial charge in [0.2, 0.25) is 0 Å². The molecule has 1 fully saturated rings. The smallest absolute Gasteiger partial charge is 0.381 e. The lowest BCUT2D eigenvalue weighted by atomic mass is 9.93. The summed E-state index contributed by atoms with van der Waals surface area (Å²) < 4.78 is 94.9. The van der Waals surface area contributed by atoms with Crippen molar-refractivity contribution in [3.05, 3.63) is 75.1 Å². The van der Waals surface area contributed by atoms with Gasteiger partial charge in [-0.3, -0.25) is 9.59 Å². The SMILES string of the molecule is C[C@@H](CCCn1ccc2cc(-c3ncc(N4CC(O)(C(F)(F)F)C4)cn3)c(F)cc2c1=O)Nc1cn[nH]c(=O)c1C(F)(F)F. The molecule has 44 heavy (non-hydrogen) atoms. The Hall–Kier alpha value is -4.54. The van der Waals surface area contributed by atoms with Gasteiger partial charge in [-0.05, 0) is 43.4 Å². The van der Waals surface area contributed by atoms with E-state index in [1.165, 1.54) is 34.1 Å². The van der Waals surface area contributed by atoms with E-state index >= 15 is 4.39 Å². The normalized spacial score (nSPS) is 15.7. The summed E-state index contributed by atoms with van der Waals surface area (Å²) in [4.78, 5) is 34.0. The van der Waals surface area contributed by atoms with Crippen LogP contribution in [0.15, 0.2) is 52.6 Å². The zero-order valence-corrected chi connectivity index (χ0v) is 22.8.